The van der Waals surface area contributed by atoms with Gasteiger partial charge in [0.15, 0.2) is 12.3 Å². The molecule has 2 atom stereocenters. The van der Waals surface area contributed by atoms with Gasteiger partial charge in [-0.3, -0.25) is 27.8 Å². The molecule has 90 heavy (non-hydrogen) atoms. The highest BCUT2D eigenvalue weighted by Gasteiger charge is 2.50. The van der Waals surface area contributed by atoms with Gasteiger partial charge in [-0.05, 0) is 111 Å². The lowest BCUT2D eigenvalue weighted by molar-refractivity contribution is -0.442. The zero-order valence-corrected chi connectivity index (χ0v) is 53.9. The molecule has 0 aliphatic carbocycles. The summed E-state index contributed by atoms with van der Waals surface area (Å²) in [5.41, 5.74) is -0.217. The zero-order valence-electron chi connectivity index (χ0n) is 49.8. The Morgan fingerprint density at radius 1 is 0.644 bits per heavy atom. The third kappa shape index (κ3) is 17.0. The van der Waals surface area contributed by atoms with Crippen LogP contribution in [-0.2, 0) is 109 Å². The van der Waals surface area contributed by atoms with Gasteiger partial charge < -0.3 is 42.7 Å². The number of carbonyl (C=O) groups is 3. The van der Waals surface area contributed by atoms with Gasteiger partial charge in [-0.25, -0.2) is 13.2 Å². The monoisotopic (exact) mass is 1360 g/mol. The van der Waals surface area contributed by atoms with E-state index >= 15 is 0 Å². The van der Waals surface area contributed by atoms with Crippen molar-refractivity contribution >= 4 is 107 Å². The molecular weight excluding hydrogens is 1290 g/mol. The molecule has 4 aromatic carbocycles. The number of methoxy groups -OCH3 is 2. The van der Waals surface area contributed by atoms with Crippen LogP contribution >= 0.6 is 0 Å². The predicted octanol–water partition coefficient (Wildman–Crippen LogP) is 4.96. The minimum absolute atomic E-state index is 0.0248. The molecule has 0 spiro atoms. The molecule has 28 nitrogen and oxygen atoms in total. The lowest BCUT2D eigenvalue weighted by Gasteiger charge is -2.31. The molecule has 2 amide bonds. The van der Waals surface area contributed by atoms with Gasteiger partial charge in [0, 0.05) is 86.5 Å². The minimum atomic E-state index is -5.44. The Bertz CT molecular complexity index is 4130. The lowest BCUT2D eigenvalue weighted by atomic mass is 9.74. The molecule has 3 heterocycles. The number of amides is 2. The van der Waals surface area contributed by atoms with Gasteiger partial charge in [0.05, 0.1) is 78.7 Å². The van der Waals surface area contributed by atoms with E-state index < -0.39 is 105 Å². The van der Waals surface area contributed by atoms with Crippen molar-refractivity contribution in [2.45, 2.75) is 96.1 Å². The van der Waals surface area contributed by atoms with Gasteiger partial charge in [-0.2, -0.15) is 38.2 Å². The Balaban J connectivity index is 1.40. The fraction of sp³-hybridized carbons (Fsp3) is 0.474. The van der Waals surface area contributed by atoms with E-state index in [-0.39, 0.29) is 144 Å². The van der Waals surface area contributed by atoms with Crippen molar-refractivity contribution in [2.75, 3.05) is 104 Å². The summed E-state index contributed by atoms with van der Waals surface area (Å²) in [4.78, 5) is 41.3. The number of anilines is 1. The van der Waals surface area contributed by atoms with Gasteiger partial charge in [-0.1, -0.05) is 23.8 Å². The maximum atomic E-state index is 13.2. The molecule has 4 aromatic rings. The van der Waals surface area contributed by atoms with Crippen molar-refractivity contribution in [1.29, 1.82) is 0 Å². The Labute approximate surface area is 521 Å². The molecule has 2 unspecified atom stereocenters. The maximum Gasteiger partial charge on any atom is 0.333 e. The third-order valence-electron chi connectivity index (χ3n) is 15.5. The number of rotatable bonds is 34. The van der Waals surface area contributed by atoms with Crippen LogP contribution in [-0.4, -0.2) is 197 Å². The number of imide groups is 1. The summed E-state index contributed by atoms with van der Waals surface area (Å²) >= 11 is 0. The van der Waals surface area contributed by atoms with Gasteiger partial charge in [0.1, 0.15) is 21.6 Å². The summed E-state index contributed by atoms with van der Waals surface area (Å²) in [6.07, 6.45) is 5.75. The first-order valence-electron chi connectivity index (χ1n) is 28.1. The fourth-order valence-corrected chi connectivity index (χ4v) is 14.5. The van der Waals surface area contributed by atoms with Crippen molar-refractivity contribution < 1.29 is 117 Å². The van der Waals surface area contributed by atoms with Gasteiger partial charge in [0.25, 0.3) is 52.3 Å². The van der Waals surface area contributed by atoms with Crippen molar-refractivity contribution in [3.63, 3.8) is 0 Å². The van der Waals surface area contributed by atoms with E-state index in [1.54, 1.807) is 54.6 Å². The SMILES string of the molecule is COCCOCCOCCOCCC1(C)\C(=C/C=C(C)/C=C/C2=[N+](CCOCCOC)c3ccc4c(S(=O)(=O)O)cc(S(=O)(=O)O)cc4c3C2(C)CCCS(=O)(=O)O)N(CCCC(=O)ON2C(=O)CCC2=O)c2ccc3c(S(=O)(=O)[O-])cc(S(=O)(=O)O)cc3c21. The molecule has 0 saturated carbocycles. The summed E-state index contributed by atoms with van der Waals surface area (Å²) in [5, 5.41) is -0.0613. The molecule has 0 bridgehead atoms. The van der Waals surface area contributed by atoms with Crippen LogP contribution in [0.4, 0.5) is 11.4 Å². The molecule has 0 radical (unpaired) electrons. The largest absolute Gasteiger partial charge is 0.744 e. The van der Waals surface area contributed by atoms with Gasteiger partial charge in [0.2, 0.25) is 5.69 Å². The number of hydrogen-bond donors (Lipinski definition) is 4. The van der Waals surface area contributed by atoms with Crippen molar-refractivity contribution in [2.24, 2.45) is 0 Å². The summed E-state index contributed by atoms with van der Waals surface area (Å²) in [7, 11) is -22.5. The van der Waals surface area contributed by atoms with Crippen LogP contribution in [0.15, 0.2) is 104 Å². The topological polar surface area (TPSA) is 400 Å². The van der Waals surface area contributed by atoms with E-state index in [9.17, 15) is 79.2 Å². The summed E-state index contributed by atoms with van der Waals surface area (Å²) in [6.45, 7) is 6.99. The molecule has 3 aliphatic heterocycles. The van der Waals surface area contributed by atoms with E-state index in [0.29, 0.717) is 58.8 Å². The van der Waals surface area contributed by atoms with Gasteiger partial charge in [-0.15, -0.1) is 5.06 Å². The van der Waals surface area contributed by atoms with Crippen LogP contribution in [0.2, 0.25) is 0 Å². The number of benzene rings is 4. The van der Waals surface area contributed by atoms with Gasteiger partial charge >= 0.3 is 5.97 Å². The fourth-order valence-electron chi connectivity index (χ4n) is 11.3. The summed E-state index contributed by atoms with van der Waals surface area (Å²) in [5.74, 6) is -3.07. The predicted molar refractivity (Wildman–Crippen MR) is 322 cm³/mol. The standard InChI is InChI=1S/C57H71N3O25S5/c1-38(9-15-49-56(2,19-7-33-86(64,65)66)54-43-34-39(87(67,68)69)36-47(89(73,74)75)41(43)12-14-46(54)59(49)22-24-82-27-25-79-4)10-16-50-57(3,20-23-81-29-30-84-32-31-83-28-26-80-5)55-44-35-40(88(70,71)72)37-48(90(76,77)78)42(44)11-13-45(55)58(50)21-6-8-53(63)85-60-51(61)17-18-52(60)62/h9-16,34-37H,6-8,17-33H2,1-5H3,(H4-,64,65,66,67,68,69,70,71,72,73,74,75,76,77,78). The Hall–Kier alpha value is -5.99. The average molecular weight is 1360 g/mol. The molecule has 4 N–H and O–H groups in total. The first-order chi connectivity index (χ1) is 42.2. The number of ether oxygens (including phenoxy) is 6. The van der Waals surface area contributed by atoms with Crippen LogP contribution in [0, 0.1) is 0 Å². The average Bonchev–Trinajstić information content (AvgIpc) is 1.52. The molecule has 33 heteroatoms. The number of hydrogen-bond acceptors (Lipinski definition) is 22. The number of hydroxylamine groups is 2. The zero-order chi connectivity index (χ0) is 66.2. The van der Waals surface area contributed by atoms with Crippen molar-refractivity contribution in [3.05, 3.63) is 95.2 Å². The smallest absolute Gasteiger partial charge is 0.333 e. The molecule has 494 valence electrons. The second-order valence-corrected chi connectivity index (χ2v) is 28.9. The van der Waals surface area contributed by atoms with Crippen LogP contribution in [0.5, 0.6) is 0 Å². The molecule has 1 saturated heterocycles. The first-order valence-corrected chi connectivity index (χ1v) is 35.4. The number of nitrogens with zero attached hydrogens (tertiary/aromatic N) is 3. The van der Waals surface area contributed by atoms with E-state index in [2.05, 4.69) is 0 Å². The Morgan fingerprint density at radius 3 is 1.73 bits per heavy atom. The molecule has 3 aliphatic rings. The first kappa shape index (κ1) is 71.5. The number of allylic oxidation sites excluding steroid dienone is 6. The van der Waals surface area contributed by atoms with E-state index in [4.69, 9.17) is 33.3 Å². The maximum absolute atomic E-state index is 13.2. The highest BCUT2D eigenvalue weighted by molar-refractivity contribution is 7.87. The third-order valence-corrected chi connectivity index (χ3v) is 19.7. The van der Waals surface area contributed by atoms with Crippen LogP contribution in [0.25, 0.3) is 21.5 Å². The van der Waals surface area contributed by atoms with Crippen molar-refractivity contribution in [3.8, 4) is 0 Å². The highest BCUT2D eigenvalue weighted by atomic mass is 32.2. The quantitative estimate of drug-likeness (QED) is 0.0158. The number of carbonyl (C=O) groups excluding carboxylic acids is 3. The molecular formula is C57H71N3O25S5. The second-order valence-electron chi connectivity index (χ2n) is 21.7. The molecule has 0 aromatic heterocycles. The summed E-state index contributed by atoms with van der Waals surface area (Å²) < 4.78 is 217. The van der Waals surface area contributed by atoms with Crippen LogP contribution in [0.1, 0.15) is 76.8 Å². The Kier molecular flexibility index (Phi) is 23.3. The van der Waals surface area contributed by atoms with Crippen LogP contribution < -0.4 is 4.90 Å². The van der Waals surface area contributed by atoms with E-state index in [0.717, 1.165) is 12.1 Å². The highest BCUT2D eigenvalue weighted by Crippen LogP contribution is 2.54. The van der Waals surface area contributed by atoms with E-state index in [1.165, 1.54) is 38.5 Å². The molecule has 1 fully saturated rings. The number of fused-ring (bicyclic) bond motifs is 6. The van der Waals surface area contributed by atoms with Crippen molar-refractivity contribution in [1.82, 2.24) is 5.06 Å². The molecule has 7 rings (SSSR count). The van der Waals surface area contributed by atoms with Crippen LogP contribution in [0.3, 0.4) is 0 Å². The second kappa shape index (κ2) is 29.3. The van der Waals surface area contributed by atoms with E-state index in [1.807, 2.05) is 0 Å². The normalized spacial score (nSPS) is 19.0. The Morgan fingerprint density at radius 2 is 1.18 bits per heavy atom. The lowest BCUT2D eigenvalue weighted by Crippen LogP contribution is -2.33. The minimum Gasteiger partial charge on any atom is -0.744 e. The summed E-state index contributed by atoms with van der Waals surface area (Å²) in [6, 6.07) is 8.90.